The van der Waals surface area contributed by atoms with Crippen molar-refractivity contribution < 1.29 is 4.79 Å². The summed E-state index contributed by atoms with van der Waals surface area (Å²) >= 11 is 0. The summed E-state index contributed by atoms with van der Waals surface area (Å²) in [6, 6.07) is 13.1. The van der Waals surface area contributed by atoms with Gasteiger partial charge < -0.3 is 10.2 Å². The van der Waals surface area contributed by atoms with Crippen molar-refractivity contribution in [2.24, 2.45) is 0 Å². The maximum Gasteiger partial charge on any atom is 0.255 e. The molecule has 1 aromatic heterocycles. The van der Waals surface area contributed by atoms with E-state index in [-0.39, 0.29) is 5.91 Å². The number of hydrogen-bond donors (Lipinski definition) is 1. The van der Waals surface area contributed by atoms with Crippen LogP contribution in [-0.4, -0.2) is 30.0 Å². The van der Waals surface area contributed by atoms with Gasteiger partial charge in [-0.3, -0.25) is 4.79 Å². The first-order chi connectivity index (χ1) is 11.4. The lowest BCUT2D eigenvalue weighted by Crippen LogP contribution is -2.14. The Bertz CT molecular complexity index is 918. The fraction of sp³-hybridized carbons (Fsp3) is 0.211. The summed E-state index contributed by atoms with van der Waals surface area (Å²) in [6.07, 6.45) is 0. The molecule has 3 rings (SSSR count). The highest BCUT2D eigenvalue weighted by Gasteiger charge is 2.09. The van der Waals surface area contributed by atoms with Crippen molar-refractivity contribution in [3.63, 3.8) is 0 Å². The number of fused-ring (bicyclic) bond motifs is 1. The second kappa shape index (κ2) is 6.28. The minimum absolute atomic E-state index is 0.144. The van der Waals surface area contributed by atoms with Crippen molar-refractivity contribution in [1.29, 1.82) is 0 Å². The Kier molecular flexibility index (Phi) is 4.16. The molecule has 1 amide bonds. The smallest absolute Gasteiger partial charge is 0.255 e. The van der Waals surface area contributed by atoms with Crippen LogP contribution in [0.5, 0.6) is 0 Å². The second-order valence-corrected chi connectivity index (χ2v) is 6.00. The molecule has 0 aliphatic carbocycles. The predicted octanol–water partition coefficient (Wildman–Crippen LogP) is 3.56. The first-order valence-corrected chi connectivity index (χ1v) is 7.78. The average molecular weight is 320 g/mol. The van der Waals surface area contributed by atoms with Gasteiger partial charge >= 0.3 is 0 Å². The third-order valence-corrected chi connectivity index (χ3v) is 3.96. The molecule has 1 heterocycles. The van der Waals surface area contributed by atoms with E-state index in [1.54, 1.807) is 6.07 Å². The fourth-order valence-corrected chi connectivity index (χ4v) is 2.44. The quantitative estimate of drug-likeness (QED) is 0.801. The van der Waals surface area contributed by atoms with Crippen LogP contribution in [0, 0.1) is 13.8 Å². The third kappa shape index (κ3) is 3.20. The van der Waals surface area contributed by atoms with Crippen molar-refractivity contribution in [2.45, 2.75) is 13.8 Å². The van der Waals surface area contributed by atoms with E-state index in [0.29, 0.717) is 11.3 Å². The van der Waals surface area contributed by atoms with Crippen molar-refractivity contribution >= 4 is 28.3 Å². The first kappa shape index (κ1) is 15.9. The van der Waals surface area contributed by atoms with Gasteiger partial charge in [-0.1, -0.05) is 6.07 Å². The lowest BCUT2D eigenvalue weighted by molar-refractivity contribution is 0.102. The highest BCUT2D eigenvalue weighted by molar-refractivity contribution is 6.05. The molecule has 0 unspecified atom stereocenters. The Labute approximate surface area is 141 Å². The number of anilines is 2. The topological polar surface area (TPSA) is 58.1 Å². The van der Waals surface area contributed by atoms with E-state index in [0.717, 1.165) is 28.1 Å². The number of hydrogen-bond acceptors (Lipinski definition) is 4. The van der Waals surface area contributed by atoms with Crippen LogP contribution < -0.4 is 10.2 Å². The molecule has 3 aromatic rings. The number of carbonyl (C=O) groups is 1. The number of aryl methyl sites for hydroxylation is 2. The zero-order chi connectivity index (χ0) is 17.3. The Hall–Kier alpha value is -2.95. The minimum Gasteiger partial charge on any atom is -0.378 e. The molecule has 2 aromatic carbocycles. The summed E-state index contributed by atoms with van der Waals surface area (Å²) < 4.78 is 0. The number of benzene rings is 2. The molecule has 0 aliphatic rings. The maximum atomic E-state index is 12.5. The first-order valence-electron chi connectivity index (χ1n) is 7.78. The normalized spacial score (nSPS) is 10.7. The highest BCUT2D eigenvalue weighted by Crippen LogP contribution is 2.19. The number of rotatable bonds is 3. The van der Waals surface area contributed by atoms with Crippen LogP contribution in [0.1, 0.15) is 21.7 Å². The van der Waals surface area contributed by atoms with Gasteiger partial charge in [0.25, 0.3) is 5.91 Å². The molecular weight excluding hydrogens is 300 g/mol. The van der Waals surface area contributed by atoms with Gasteiger partial charge in [0.1, 0.15) is 0 Å². The van der Waals surface area contributed by atoms with Gasteiger partial charge in [-0.15, -0.1) is 0 Å². The lowest BCUT2D eigenvalue weighted by atomic mass is 10.1. The van der Waals surface area contributed by atoms with Crippen molar-refractivity contribution in [2.75, 3.05) is 24.3 Å². The Balaban J connectivity index is 1.87. The molecule has 0 fully saturated rings. The van der Waals surface area contributed by atoms with Crippen molar-refractivity contribution in [1.82, 2.24) is 9.97 Å². The lowest BCUT2D eigenvalue weighted by Gasteiger charge is -2.13. The number of nitrogens with one attached hydrogen (secondary N) is 1. The Morgan fingerprint density at radius 3 is 2.38 bits per heavy atom. The molecule has 0 saturated carbocycles. The van der Waals surface area contributed by atoms with E-state index in [9.17, 15) is 4.79 Å². The second-order valence-electron chi connectivity index (χ2n) is 6.00. The number of amides is 1. The zero-order valence-electron chi connectivity index (χ0n) is 14.3. The highest BCUT2D eigenvalue weighted by atomic mass is 16.1. The average Bonchev–Trinajstić information content (AvgIpc) is 2.56. The van der Waals surface area contributed by atoms with Gasteiger partial charge in [0.2, 0.25) is 0 Å². The summed E-state index contributed by atoms with van der Waals surface area (Å²) in [5.41, 5.74) is 5.72. The minimum atomic E-state index is -0.144. The van der Waals surface area contributed by atoms with Gasteiger partial charge in [-0.2, -0.15) is 0 Å². The molecule has 0 bridgehead atoms. The number of nitrogens with zero attached hydrogens (tertiary/aromatic N) is 3. The molecule has 122 valence electrons. The van der Waals surface area contributed by atoms with Gasteiger partial charge in [0.05, 0.1) is 22.4 Å². The van der Waals surface area contributed by atoms with Crippen molar-refractivity contribution in [3.8, 4) is 0 Å². The number of aromatic nitrogens is 2. The van der Waals surface area contributed by atoms with E-state index < -0.39 is 0 Å². The molecule has 5 nitrogen and oxygen atoms in total. The van der Waals surface area contributed by atoms with E-state index in [2.05, 4.69) is 15.3 Å². The van der Waals surface area contributed by atoms with E-state index in [1.807, 2.05) is 69.2 Å². The summed E-state index contributed by atoms with van der Waals surface area (Å²) in [5, 5.41) is 2.93. The van der Waals surface area contributed by atoms with Crippen LogP contribution in [-0.2, 0) is 0 Å². The van der Waals surface area contributed by atoms with E-state index in [4.69, 9.17) is 0 Å². The van der Waals surface area contributed by atoms with Gasteiger partial charge in [-0.05, 0) is 50.2 Å². The monoisotopic (exact) mass is 320 g/mol. The molecule has 0 atom stereocenters. The maximum absolute atomic E-state index is 12.5. The standard InChI is InChI=1S/C19H20N4O/c1-12-13(2)21-18-11-15(8-9-17(18)20-12)22-19(24)14-6-5-7-16(10-14)23(3)4/h5-11H,1-4H3,(H,22,24). The number of carbonyl (C=O) groups excluding carboxylic acids is 1. The molecule has 0 radical (unpaired) electrons. The molecule has 24 heavy (non-hydrogen) atoms. The van der Waals surface area contributed by atoms with Crippen molar-refractivity contribution in [3.05, 3.63) is 59.4 Å². The molecule has 0 saturated heterocycles. The van der Waals surface area contributed by atoms with Gasteiger partial charge in [0, 0.05) is 31.0 Å². The zero-order valence-corrected chi connectivity index (χ0v) is 14.3. The Morgan fingerprint density at radius 1 is 0.958 bits per heavy atom. The Morgan fingerprint density at radius 2 is 1.67 bits per heavy atom. The van der Waals surface area contributed by atoms with E-state index in [1.165, 1.54) is 0 Å². The summed E-state index contributed by atoms with van der Waals surface area (Å²) in [7, 11) is 3.90. The molecular formula is C19H20N4O. The van der Waals surface area contributed by atoms with E-state index >= 15 is 0 Å². The van der Waals surface area contributed by atoms with Crippen LogP contribution in [0.3, 0.4) is 0 Å². The molecule has 1 N–H and O–H groups in total. The molecule has 5 heteroatoms. The summed E-state index contributed by atoms with van der Waals surface area (Å²) in [6.45, 7) is 3.87. The largest absolute Gasteiger partial charge is 0.378 e. The van der Waals surface area contributed by atoms with Crippen LogP contribution in [0.2, 0.25) is 0 Å². The summed E-state index contributed by atoms with van der Waals surface area (Å²) in [4.78, 5) is 23.5. The fourth-order valence-electron chi connectivity index (χ4n) is 2.44. The SMILES string of the molecule is Cc1nc2ccc(NC(=O)c3cccc(N(C)C)c3)cc2nc1C. The third-order valence-electron chi connectivity index (χ3n) is 3.96. The van der Waals surface area contributed by atoms with Gasteiger partial charge in [0.15, 0.2) is 0 Å². The van der Waals surface area contributed by atoms with Crippen LogP contribution in [0.4, 0.5) is 11.4 Å². The van der Waals surface area contributed by atoms with Crippen LogP contribution in [0.15, 0.2) is 42.5 Å². The predicted molar refractivity (Wildman–Crippen MR) is 97.7 cm³/mol. The van der Waals surface area contributed by atoms with Gasteiger partial charge in [-0.25, -0.2) is 9.97 Å². The van der Waals surface area contributed by atoms with Crippen LogP contribution >= 0.6 is 0 Å². The molecule has 0 spiro atoms. The summed E-state index contributed by atoms with van der Waals surface area (Å²) in [5.74, 6) is -0.144. The molecule has 0 aliphatic heterocycles. The van der Waals surface area contributed by atoms with Crippen LogP contribution in [0.25, 0.3) is 11.0 Å².